The van der Waals surface area contributed by atoms with Gasteiger partial charge in [0, 0.05) is 16.9 Å². The largest absolute Gasteiger partial charge is 0.496 e. The van der Waals surface area contributed by atoms with Crippen LogP contribution >= 0.6 is 0 Å². The van der Waals surface area contributed by atoms with E-state index < -0.39 is 0 Å². The molecule has 5 rings (SSSR count). The van der Waals surface area contributed by atoms with Crippen LogP contribution in [0.2, 0.25) is 0 Å². The summed E-state index contributed by atoms with van der Waals surface area (Å²) in [5.74, 6) is 1.20. The minimum atomic E-state index is 0.215. The lowest BCUT2D eigenvalue weighted by molar-refractivity contribution is 0.414. The molecule has 120 valence electrons. The van der Waals surface area contributed by atoms with Gasteiger partial charge in [-0.05, 0) is 27.6 Å². The van der Waals surface area contributed by atoms with Crippen LogP contribution < -0.4 is 4.74 Å². The molecule has 4 aromatic carbocycles. The Kier molecular flexibility index (Phi) is 3.14. The zero-order chi connectivity index (χ0) is 16.8. The van der Waals surface area contributed by atoms with Crippen LogP contribution in [-0.2, 0) is 0 Å². The van der Waals surface area contributed by atoms with Crippen LogP contribution in [0.1, 0.15) is 22.6 Å². The van der Waals surface area contributed by atoms with Crippen LogP contribution in [0.3, 0.4) is 0 Å². The Labute approximate surface area is 147 Å². The lowest BCUT2D eigenvalue weighted by Gasteiger charge is -2.19. The van der Waals surface area contributed by atoms with Crippen molar-refractivity contribution in [3.8, 4) is 16.9 Å². The molecule has 1 aliphatic carbocycles. The second kappa shape index (κ2) is 5.49. The summed E-state index contributed by atoms with van der Waals surface area (Å²) in [6.45, 7) is 0. The van der Waals surface area contributed by atoms with Crippen LogP contribution in [0.4, 0.5) is 0 Å². The fraction of sp³-hybridized carbons (Fsp3) is 0.0833. The molecule has 0 unspecified atom stereocenters. The Morgan fingerprint density at radius 1 is 0.600 bits per heavy atom. The Hall–Kier alpha value is -3.06. The van der Waals surface area contributed by atoms with Gasteiger partial charge in [-0.15, -0.1) is 0 Å². The molecule has 1 aliphatic rings. The van der Waals surface area contributed by atoms with E-state index in [2.05, 4.69) is 84.9 Å². The van der Waals surface area contributed by atoms with E-state index in [0.717, 1.165) is 5.75 Å². The van der Waals surface area contributed by atoms with E-state index >= 15 is 0 Å². The molecule has 0 heterocycles. The fourth-order valence-corrected chi connectivity index (χ4v) is 4.21. The molecular weight excluding hydrogens is 304 g/mol. The van der Waals surface area contributed by atoms with Gasteiger partial charge in [-0.2, -0.15) is 0 Å². The molecule has 0 aromatic heterocycles. The van der Waals surface area contributed by atoms with Crippen LogP contribution in [0.15, 0.2) is 84.9 Å². The summed E-state index contributed by atoms with van der Waals surface area (Å²) in [7, 11) is 1.78. The van der Waals surface area contributed by atoms with Crippen LogP contribution in [0, 0.1) is 0 Å². The van der Waals surface area contributed by atoms with Crippen molar-refractivity contribution in [3.05, 3.63) is 102 Å². The highest BCUT2D eigenvalue weighted by Crippen LogP contribution is 2.50. The maximum Gasteiger partial charge on any atom is 0.130 e. The maximum absolute atomic E-state index is 5.90. The van der Waals surface area contributed by atoms with Crippen molar-refractivity contribution < 1.29 is 4.74 Å². The molecule has 0 bridgehead atoms. The van der Waals surface area contributed by atoms with Crippen LogP contribution in [0.5, 0.6) is 5.75 Å². The van der Waals surface area contributed by atoms with Gasteiger partial charge in [0.1, 0.15) is 5.75 Å². The van der Waals surface area contributed by atoms with E-state index in [0.29, 0.717) is 0 Å². The van der Waals surface area contributed by atoms with Gasteiger partial charge in [-0.1, -0.05) is 84.9 Å². The van der Waals surface area contributed by atoms with Crippen molar-refractivity contribution in [1.82, 2.24) is 0 Å². The van der Waals surface area contributed by atoms with E-state index in [1.165, 1.54) is 38.6 Å². The number of methoxy groups -OCH3 is 1. The van der Waals surface area contributed by atoms with Crippen molar-refractivity contribution in [2.24, 2.45) is 0 Å². The quantitative estimate of drug-likeness (QED) is 0.387. The third-order valence-corrected chi connectivity index (χ3v) is 5.26. The van der Waals surface area contributed by atoms with Crippen molar-refractivity contribution in [3.63, 3.8) is 0 Å². The normalized spacial score (nSPS) is 12.8. The van der Waals surface area contributed by atoms with Crippen molar-refractivity contribution in [1.29, 1.82) is 0 Å². The first-order chi connectivity index (χ1) is 12.4. The average Bonchev–Trinajstić information content (AvgIpc) is 3.01. The molecule has 25 heavy (non-hydrogen) atoms. The third-order valence-electron chi connectivity index (χ3n) is 5.26. The molecule has 0 fully saturated rings. The van der Waals surface area contributed by atoms with Gasteiger partial charge in [0.2, 0.25) is 0 Å². The number of ether oxygens (including phenoxy) is 1. The van der Waals surface area contributed by atoms with Gasteiger partial charge in [-0.3, -0.25) is 0 Å². The lowest BCUT2D eigenvalue weighted by atomic mass is 9.87. The molecular formula is C24H18O. The monoisotopic (exact) mass is 322 g/mol. The number of hydrogen-bond donors (Lipinski definition) is 0. The van der Waals surface area contributed by atoms with Gasteiger partial charge in [-0.25, -0.2) is 0 Å². The minimum absolute atomic E-state index is 0.215. The molecule has 0 amide bonds. The summed E-state index contributed by atoms with van der Waals surface area (Å²) < 4.78 is 5.90. The second-order valence-electron chi connectivity index (χ2n) is 6.52. The van der Waals surface area contributed by atoms with Gasteiger partial charge in [0.25, 0.3) is 0 Å². The Morgan fingerprint density at radius 3 is 1.88 bits per heavy atom. The van der Waals surface area contributed by atoms with E-state index in [1.807, 2.05) is 0 Å². The predicted octanol–water partition coefficient (Wildman–Crippen LogP) is 6.01. The van der Waals surface area contributed by atoms with E-state index in [-0.39, 0.29) is 5.92 Å². The van der Waals surface area contributed by atoms with Crippen molar-refractivity contribution >= 4 is 10.8 Å². The highest BCUT2D eigenvalue weighted by Gasteiger charge is 2.31. The zero-order valence-electron chi connectivity index (χ0n) is 14.1. The second-order valence-corrected chi connectivity index (χ2v) is 6.52. The molecule has 0 aliphatic heterocycles. The molecule has 0 saturated heterocycles. The lowest BCUT2D eigenvalue weighted by Crippen LogP contribution is -2.02. The number of rotatable bonds is 2. The summed E-state index contributed by atoms with van der Waals surface area (Å²) in [4.78, 5) is 0. The molecule has 0 atom stereocenters. The average molecular weight is 322 g/mol. The van der Waals surface area contributed by atoms with E-state index in [9.17, 15) is 0 Å². The smallest absolute Gasteiger partial charge is 0.130 e. The van der Waals surface area contributed by atoms with Gasteiger partial charge in [0.15, 0.2) is 0 Å². The topological polar surface area (TPSA) is 9.23 Å². The Balaban J connectivity index is 1.83. The van der Waals surface area contributed by atoms with E-state index in [1.54, 1.807) is 7.11 Å². The van der Waals surface area contributed by atoms with Gasteiger partial charge >= 0.3 is 0 Å². The first-order valence-electron chi connectivity index (χ1n) is 8.62. The molecule has 0 N–H and O–H groups in total. The SMILES string of the molecule is COc1c(C2c3ccccc3-c3ccccc32)ccc2ccccc12. The first kappa shape index (κ1) is 14.3. The fourth-order valence-electron chi connectivity index (χ4n) is 4.21. The summed E-state index contributed by atoms with van der Waals surface area (Å²) in [6, 6.07) is 30.3. The number of fused-ring (bicyclic) bond motifs is 4. The molecule has 1 heteroatoms. The van der Waals surface area contributed by atoms with Gasteiger partial charge in [0.05, 0.1) is 7.11 Å². The van der Waals surface area contributed by atoms with E-state index in [4.69, 9.17) is 4.74 Å². The van der Waals surface area contributed by atoms with Gasteiger partial charge < -0.3 is 4.74 Å². The standard InChI is InChI=1S/C24H18O/c1-25-24-17-9-3-2-8-16(17)14-15-22(24)23-20-12-6-4-10-18(20)19-11-5-7-13-21(19)23/h2-15,23H,1H3. The summed E-state index contributed by atoms with van der Waals surface area (Å²) in [5, 5.41) is 2.38. The highest BCUT2D eigenvalue weighted by molar-refractivity contribution is 5.91. The van der Waals surface area contributed by atoms with Crippen molar-refractivity contribution in [2.45, 2.75) is 5.92 Å². The molecule has 0 radical (unpaired) electrons. The highest BCUT2D eigenvalue weighted by atomic mass is 16.5. The Morgan fingerprint density at radius 2 is 1.20 bits per heavy atom. The molecule has 1 nitrogen and oxygen atoms in total. The third kappa shape index (κ3) is 2.02. The Bertz CT molecular complexity index is 1050. The van der Waals surface area contributed by atoms with Crippen LogP contribution in [-0.4, -0.2) is 7.11 Å². The summed E-state index contributed by atoms with van der Waals surface area (Å²) in [6.07, 6.45) is 0. The van der Waals surface area contributed by atoms with Crippen molar-refractivity contribution in [2.75, 3.05) is 7.11 Å². The molecule has 4 aromatic rings. The summed E-state index contributed by atoms with van der Waals surface area (Å²) >= 11 is 0. The van der Waals surface area contributed by atoms with Crippen LogP contribution in [0.25, 0.3) is 21.9 Å². The maximum atomic E-state index is 5.90. The minimum Gasteiger partial charge on any atom is -0.496 e. The zero-order valence-corrected chi connectivity index (χ0v) is 14.1. The summed E-state index contributed by atoms with van der Waals surface area (Å²) in [5.41, 5.74) is 6.62. The number of hydrogen-bond acceptors (Lipinski definition) is 1. The molecule has 0 spiro atoms. The predicted molar refractivity (Wildman–Crippen MR) is 103 cm³/mol. The number of benzene rings is 4. The molecule has 0 saturated carbocycles. The first-order valence-corrected chi connectivity index (χ1v) is 8.62.